The smallest absolute Gasteiger partial charge is 0.251 e. The van der Waals surface area contributed by atoms with Gasteiger partial charge in [0.05, 0.1) is 5.01 Å². The third kappa shape index (κ3) is 3.53. The van der Waals surface area contributed by atoms with Crippen molar-refractivity contribution in [3.8, 4) is 0 Å². The predicted molar refractivity (Wildman–Crippen MR) is 77.0 cm³/mol. The Morgan fingerprint density at radius 1 is 1.43 bits per heavy atom. The van der Waals surface area contributed by atoms with Crippen LogP contribution in [0.15, 0.2) is 23.7 Å². The molecule has 0 aliphatic heterocycles. The summed E-state index contributed by atoms with van der Waals surface area (Å²) in [6, 6.07) is 1.86. The van der Waals surface area contributed by atoms with Crippen molar-refractivity contribution >= 4 is 22.9 Å². The first-order chi connectivity index (χ1) is 10.0. The molecule has 4 N–H and O–H groups in total. The lowest BCUT2D eigenvalue weighted by Crippen LogP contribution is -2.28. The SMILES string of the molecule is CC(CNC(=O)c1cc(F)c(NN)c(F)c1)c1nccs1. The molecule has 2 aromatic rings. The third-order valence-corrected chi connectivity index (χ3v) is 3.90. The van der Waals surface area contributed by atoms with Crippen LogP contribution >= 0.6 is 11.3 Å². The first-order valence-corrected chi connectivity index (χ1v) is 7.04. The largest absolute Gasteiger partial charge is 0.351 e. The molecule has 0 saturated carbocycles. The molecule has 1 heterocycles. The highest BCUT2D eigenvalue weighted by Crippen LogP contribution is 2.20. The van der Waals surface area contributed by atoms with E-state index in [0.717, 1.165) is 17.1 Å². The first kappa shape index (κ1) is 15.3. The van der Waals surface area contributed by atoms with E-state index in [9.17, 15) is 13.6 Å². The highest BCUT2D eigenvalue weighted by molar-refractivity contribution is 7.09. The molecule has 0 aliphatic carbocycles. The summed E-state index contributed by atoms with van der Waals surface area (Å²) in [6.45, 7) is 2.23. The maximum atomic E-state index is 13.5. The second kappa shape index (κ2) is 6.59. The number of nitrogens with zero attached hydrogens (tertiary/aromatic N) is 1. The summed E-state index contributed by atoms with van der Waals surface area (Å²) in [6.07, 6.45) is 1.68. The minimum Gasteiger partial charge on any atom is -0.351 e. The summed E-state index contributed by atoms with van der Waals surface area (Å²) in [4.78, 5) is 16.1. The zero-order valence-electron chi connectivity index (χ0n) is 11.2. The van der Waals surface area contributed by atoms with E-state index in [1.807, 2.05) is 17.7 Å². The lowest BCUT2D eigenvalue weighted by atomic mass is 10.1. The van der Waals surface area contributed by atoms with Gasteiger partial charge in [0, 0.05) is 29.6 Å². The molecular weight excluding hydrogens is 298 g/mol. The molecule has 0 aliphatic rings. The Morgan fingerprint density at radius 2 is 2.10 bits per heavy atom. The van der Waals surface area contributed by atoms with Crippen LogP contribution in [0, 0.1) is 11.6 Å². The van der Waals surface area contributed by atoms with E-state index >= 15 is 0 Å². The van der Waals surface area contributed by atoms with Crippen molar-refractivity contribution in [3.05, 3.63) is 45.9 Å². The summed E-state index contributed by atoms with van der Waals surface area (Å²) in [5, 5.41) is 5.35. The van der Waals surface area contributed by atoms with E-state index in [2.05, 4.69) is 10.3 Å². The minimum absolute atomic E-state index is 0.0219. The summed E-state index contributed by atoms with van der Waals surface area (Å²) in [7, 11) is 0. The van der Waals surface area contributed by atoms with Crippen molar-refractivity contribution in [2.75, 3.05) is 12.0 Å². The minimum atomic E-state index is -0.921. The molecule has 21 heavy (non-hydrogen) atoms. The number of hydrazine groups is 1. The fourth-order valence-corrected chi connectivity index (χ4v) is 2.45. The molecular formula is C13H14F2N4OS. The van der Waals surface area contributed by atoms with Crippen LogP contribution in [-0.2, 0) is 0 Å². The topological polar surface area (TPSA) is 80.0 Å². The number of hydrogen-bond acceptors (Lipinski definition) is 5. The number of carbonyl (C=O) groups is 1. The first-order valence-electron chi connectivity index (χ1n) is 6.16. The van der Waals surface area contributed by atoms with Gasteiger partial charge in [-0.15, -0.1) is 11.3 Å². The van der Waals surface area contributed by atoms with E-state index in [-0.39, 0.29) is 11.5 Å². The van der Waals surface area contributed by atoms with Gasteiger partial charge in [-0.2, -0.15) is 0 Å². The normalized spacial score (nSPS) is 12.0. The molecule has 0 radical (unpaired) electrons. The number of nitrogens with one attached hydrogen (secondary N) is 2. The number of anilines is 1. The van der Waals surface area contributed by atoms with E-state index in [4.69, 9.17) is 5.84 Å². The third-order valence-electron chi connectivity index (χ3n) is 2.89. The fraction of sp³-hybridized carbons (Fsp3) is 0.231. The zero-order valence-corrected chi connectivity index (χ0v) is 12.0. The molecule has 0 bridgehead atoms. The van der Waals surface area contributed by atoms with E-state index in [0.29, 0.717) is 6.54 Å². The molecule has 112 valence electrons. The monoisotopic (exact) mass is 312 g/mol. The number of rotatable bonds is 5. The van der Waals surface area contributed by atoms with Crippen LogP contribution in [0.1, 0.15) is 28.2 Å². The quantitative estimate of drug-likeness (QED) is 0.584. The number of nitrogen functional groups attached to an aromatic ring is 1. The molecule has 1 aromatic carbocycles. The van der Waals surface area contributed by atoms with Gasteiger partial charge in [-0.3, -0.25) is 10.6 Å². The van der Waals surface area contributed by atoms with Crippen LogP contribution in [0.2, 0.25) is 0 Å². The Balaban J connectivity index is 2.04. The second-order valence-corrected chi connectivity index (χ2v) is 5.37. The van der Waals surface area contributed by atoms with E-state index in [1.165, 1.54) is 11.3 Å². The van der Waals surface area contributed by atoms with Crippen molar-refractivity contribution in [2.45, 2.75) is 12.8 Å². The molecule has 1 amide bonds. The second-order valence-electron chi connectivity index (χ2n) is 4.44. The lowest BCUT2D eigenvalue weighted by Gasteiger charge is -2.11. The number of aromatic nitrogens is 1. The Kier molecular flexibility index (Phi) is 4.81. The molecule has 1 unspecified atom stereocenters. The van der Waals surface area contributed by atoms with Crippen LogP contribution in [0.4, 0.5) is 14.5 Å². The summed E-state index contributed by atoms with van der Waals surface area (Å²) >= 11 is 1.48. The maximum Gasteiger partial charge on any atom is 0.251 e. The number of benzene rings is 1. The number of amides is 1. The van der Waals surface area contributed by atoms with E-state index in [1.54, 1.807) is 6.20 Å². The average molecular weight is 312 g/mol. The van der Waals surface area contributed by atoms with Crippen molar-refractivity contribution in [1.29, 1.82) is 0 Å². The number of nitrogens with two attached hydrogens (primary N) is 1. The molecule has 1 atom stereocenters. The molecule has 0 saturated heterocycles. The van der Waals surface area contributed by atoms with Crippen LogP contribution < -0.4 is 16.6 Å². The summed E-state index contributed by atoms with van der Waals surface area (Å²) < 4.78 is 27.0. The average Bonchev–Trinajstić information content (AvgIpc) is 2.98. The van der Waals surface area contributed by atoms with E-state index < -0.39 is 23.2 Å². The van der Waals surface area contributed by atoms with Gasteiger partial charge < -0.3 is 10.7 Å². The van der Waals surface area contributed by atoms with Crippen LogP contribution in [0.25, 0.3) is 0 Å². The number of thiazole rings is 1. The Labute approximate surface area is 124 Å². The Bertz CT molecular complexity index is 610. The molecule has 1 aromatic heterocycles. The zero-order chi connectivity index (χ0) is 15.4. The number of halogens is 2. The van der Waals surface area contributed by atoms with Crippen molar-refractivity contribution < 1.29 is 13.6 Å². The maximum absolute atomic E-state index is 13.5. The number of hydrogen-bond donors (Lipinski definition) is 3. The van der Waals surface area contributed by atoms with Crippen LogP contribution in [0.5, 0.6) is 0 Å². The fourth-order valence-electron chi connectivity index (χ4n) is 1.76. The Hall–Kier alpha value is -2.06. The Morgan fingerprint density at radius 3 is 2.62 bits per heavy atom. The summed E-state index contributed by atoms with van der Waals surface area (Å²) in [5.41, 5.74) is 1.34. The standard InChI is InChI=1S/C13H14F2N4OS/c1-7(13-17-2-3-21-13)6-18-12(20)8-4-9(14)11(19-16)10(15)5-8/h2-5,7,19H,6,16H2,1H3,(H,18,20). The highest BCUT2D eigenvalue weighted by Gasteiger charge is 2.16. The molecule has 0 spiro atoms. The molecule has 2 rings (SSSR count). The van der Waals surface area contributed by atoms with Crippen LogP contribution in [0.3, 0.4) is 0 Å². The van der Waals surface area contributed by atoms with Gasteiger partial charge in [-0.1, -0.05) is 6.92 Å². The van der Waals surface area contributed by atoms with Gasteiger partial charge in [0.1, 0.15) is 5.69 Å². The predicted octanol–water partition coefficient (Wildman–Crippen LogP) is 2.24. The number of carbonyl (C=O) groups excluding carboxylic acids is 1. The van der Waals surface area contributed by atoms with Crippen molar-refractivity contribution in [2.24, 2.45) is 5.84 Å². The van der Waals surface area contributed by atoms with Gasteiger partial charge in [-0.05, 0) is 12.1 Å². The highest BCUT2D eigenvalue weighted by atomic mass is 32.1. The molecule has 0 fully saturated rings. The van der Waals surface area contributed by atoms with Crippen molar-refractivity contribution in [3.63, 3.8) is 0 Å². The molecule has 5 nitrogen and oxygen atoms in total. The van der Waals surface area contributed by atoms with Crippen LogP contribution in [-0.4, -0.2) is 17.4 Å². The van der Waals surface area contributed by atoms with Gasteiger partial charge in [0.15, 0.2) is 11.6 Å². The van der Waals surface area contributed by atoms with Gasteiger partial charge in [0.25, 0.3) is 5.91 Å². The van der Waals surface area contributed by atoms with Gasteiger partial charge in [0.2, 0.25) is 0 Å². The van der Waals surface area contributed by atoms with Gasteiger partial charge in [-0.25, -0.2) is 13.8 Å². The van der Waals surface area contributed by atoms with Crippen molar-refractivity contribution in [1.82, 2.24) is 10.3 Å². The molecule has 8 heteroatoms. The summed E-state index contributed by atoms with van der Waals surface area (Å²) in [5.74, 6) is 2.62. The van der Waals surface area contributed by atoms with Gasteiger partial charge >= 0.3 is 0 Å². The lowest BCUT2D eigenvalue weighted by molar-refractivity contribution is 0.0950.